The van der Waals surface area contributed by atoms with E-state index in [0.29, 0.717) is 63.2 Å². The lowest BCUT2D eigenvalue weighted by Crippen LogP contribution is -2.42. The predicted octanol–water partition coefficient (Wildman–Crippen LogP) is 0.664. The van der Waals surface area contributed by atoms with Gasteiger partial charge in [0.05, 0.1) is 37.0 Å². The Bertz CT molecular complexity index is 870. The SMILES string of the molecule is O=C1N(CC2CC2)c2ccc(S(=O)(=O)N3CCOCC3)cc2C12OCCO2. The van der Waals surface area contributed by atoms with Gasteiger partial charge in [0, 0.05) is 25.2 Å². The second kappa shape index (κ2) is 6.25. The maximum Gasteiger partial charge on any atom is 0.292 e. The number of amides is 1. The molecule has 1 spiro atoms. The van der Waals surface area contributed by atoms with Gasteiger partial charge in [0.25, 0.3) is 11.7 Å². The Kier molecular flexibility index (Phi) is 4.07. The van der Waals surface area contributed by atoms with E-state index in [0.717, 1.165) is 12.8 Å². The lowest BCUT2D eigenvalue weighted by Gasteiger charge is -2.26. The quantitative estimate of drug-likeness (QED) is 0.746. The molecule has 0 unspecified atom stereocenters. The topological polar surface area (TPSA) is 85.4 Å². The molecule has 0 bridgehead atoms. The fourth-order valence-electron chi connectivity index (χ4n) is 3.94. The number of morpholine rings is 1. The first-order valence-electron chi connectivity index (χ1n) is 9.35. The van der Waals surface area contributed by atoms with E-state index in [1.54, 1.807) is 23.1 Å². The molecule has 4 aliphatic rings. The zero-order valence-corrected chi connectivity index (χ0v) is 15.7. The third kappa shape index (κ3) is 2.72. The van der Waals surface area contributed by atoms with E-state index in [1.807, 2.05) is 0 Å². The summed E-state index contributed by atoms with van der Waals surface area (Å²) in [6, 6.07) is 4.84. The van der Waals surface area contributed by atoms with Crippen LogP contribution in [0.15, 0.2) is 23.1 Å². The molecule has 5 rings (SSSR count). The molecular formula is C18H22N2O6S. The zero-order valence-electron chi connectivity index (χ0n) is 14.9. The van der Waals surface area contributed by atoms with Crippen LogP contribution in [0.1, 0.15) is 18.4 Å². The first kappa shape index (κ1) is 17.6. The van der Waals surface area contributed by atoms with Crippen molar-refractivity contribution in [3.63, 3.8) is 0 Å². The standard InChI is InChI=1S/C18H22N2O6S/c21-17-18(25-9-10-26-18)15-11-14(27(22,23)19-5-7-24-8-6-19)3-4-16(15)20(17)12-13-1-2-13/h3-4,11,13H,1-2,5-10,12H2. The fourth-order valence-corrected chi connectivity index (χ4v) is 5.38. The van der Waals surface area contributed by atoms with Crippen molar-refractivity contribution in [3.8, 4) is 0 Å². The number of benzene rings is 1. The normalized spacial score (nSPS) is 25.3. The largest absolute Gasteiger partial charge is 0.379 e. The minimum absolute atomic E-state index is 0.155. The van der Waals surface area contributed by atoms with Crippen molar-refractivity contribution in [3.05, 3.63) is 23.8 Å². The lowest BCUT2D eigenvalue weighted by atomic mass is 10.1. The molecule has 1 aromatic rings. The highest BCUT2D eigenvalue weighted by molar-refractivity contribution is 7.89. The highest BCUT2D eigenvalue weighted by Crippen LogP contribution is 2.48. The number of hydrogen-bond donors (Lipinski definition) is 0. The van der Waals surface area contributed by atoms with Gasteiger partial charge in [-0.2, -0.15) is 4.31 Å². The number of nitrogens with zero attached hydrogens (tertiary/aromatic N) is 2. The summed E-state index contributed by atoms with van der Waals surface area (Å²) in [4.78, 5) is 15.0. The van der Waals surface area contributed by atoms with Gasteiger partial charge in [-0.25, -0.2) is 8.42 Å². The fraction of sp³-hybridized carbons (Fsp3) is 0.611. The highest BCUT2D eigenvalue weighted by atomic mass is 32.2. The van der Waals surface area contributed by atoms with Crippen LogP contribution in [0, 0.1) is 5.92 Å². The van der Waals surface area contributed by atoms with Gasteiger partial charge in [-0.05, 0) is 37.0 Å². The Morgan fingerprint density at radius 2 is 1.78 bits per heavy atom. The number of carbonyl (C=O) groups excluding carboxylic acids is 1. The minimum atomic E-state index is -3.66. The molecule has 27 heavy (non-hydrogen) atoms. The summed E-state index contributed by atoms with van der Waals surface area (Å²) in [5.41, 5.74) is 1.19. The van der Waals surface area contributed by atoms with E-state index in [9.17, 15) is 13.2 Å². The van der Waals surface area contributed by atoms with Gasteiger partial charge in [-0.15, -0.1) is 0 Å². The summed E-state index contributed by atoms with van der Waals surface area (Å²) < 4.78 is 44.2. The van der Waals surface area contributed by atoms with Crippen LogP contribution in [0.2, 0.25) is 0 Å². The van der Waals surface area contributed by atoms with E-state index in [1.165, 1.54) is 4.31 Å². The Hall–Kier alpha value is -1.52. The molecule has 1 aliphatic carbocycles. The first-order valence-corrected chi connectivity index (χ1v) is 10.8. The van der Waals surface area contributed by atoms with Crippen LogP contribution in [-0.4, -0.2) is 64.7 Å². The van der Waals surface area contributed by atoms with Crippen LogP contribution in [-0.2, 0) is 34.8 Å². The molecule has 9 heteroatoms. The molecular weight excluding hydrogens is 372 g/mol. The van der Waals surface area contributed by atoms with Gasteiger partial charge in [-0.1, -0.05) is 0 Å². The van der Waals surface area contributed by atoms with Gasteiger partial charge < -0.3 is 19.1 Å². The van der Waals surface area contributed by atoms with Gasteiger partial charge in [-0.3, -0.25) is 4.79 Å². The summed E-state index contributed by atoms with van der Waals surface area (Å²) >= 11 is 0. The van der Waals surface area contributed by atoms with Crippen molar-refractivity contribution in [1.82, 2.24) is 4.31 Å². The molecule has 0 aromatic heterocycles. The molecule has 0 atom stereocenters. The van der Waals surface area contributed by atoms with Gasteiger partial charge in [0.1, 0.15) is 0 Å². The van der Waals surface area contributed by atoms with Crippen LogP contribution in [0.25, 0.3) is 0 Å². The number of rotatable bonds is 4. The summed E-state index contributed by atoms with van der Waals surface area (Å²) in [5, 5.41) is 0. The molecule has 3 heterocycles. The van der Waals surface area contributed by atoms with Crippen LogP contribution >= 0.6 is 0 Å². The van der Waals surface area contributed by atoms with Crippen molar-refractivity contribution < 1.29 is 27.4 Å². The lowest BCUT2D eigenvalue weighted by molar-refractivity contribution is -0.180. The second-order valence-electron chi connectivity index (χ2n) is 7.37. The molecule has 8 nitrogen and oxygen atoms in total. The third-order valence-electron chi connectivity index (χ3n) is 5.58. The number of hydrogen-bond acceptors (Lipinski definition) is 6. The Labute approximate surface area is 158 Å². The summed E-state index contributed by atoms with van der Waals surface area (Å²) in [6.45, 7) is 2.65. The predicted molar refractivity (Wildman–Crippen MR) is 94.7 cm³/mol. The average Bonchev–Trinajstić information content (AvgIpc) is 3.32. The second-order valence-corrected chi connectivity index (χ2v) is 9.31. The van der Waals surface area contributed by atoms with Crippen molar-refractivity contribution in [2.24, 2.45) is 5.92 Å². The first-order chi connectivity index (χ1) is 13.0. The van der Waals surface area contributed by atoms with Crippen LogP contribution in [0.4, 0.5) is 5.69 Å². The van der Waals surface area contributed by atoms with E-state index in [2.05, 4.69) is 0 Å². The molecule has 1 saturated carbocycles. The maximum absolute atomic E-state index is 13.1. The number of fused-ring (bicyclic) bond motifs is 2. The molecule has 1 amide bonds. The van der Waals surface area contributed by atoms with Crippen molar-refractivity contribution >= 4 is 21.6 Å². The van der Waals surface area contributed by atoms with Crippen molar-refractivity contribution in [1.29, 1.82) is 0 Å². The van der Waals surface area contributed by atoms with E-state index >= 15 is 0 Å². The Morgan fingerprint density at radius 3 is 2.44 bits per heavy atom. The molecule has 0 N–H and O–H groups in total. The molecule has 3 aliphatic heterocycles. The summed E-state index contributed by atoms with van der Waals surface area (Å²) in [7, 11) is -3.66. The summed E-state index contributed by atoms with van der Waals surface area (Å²) in [6.07, 6.45) is 2.22. The van der Waals surface area contributed by atoms with Gasteiger partial charge in [0.15, 0.2) is 0 Å². The number of carbonyl (C=O) groups is 1. The monoisotopic (exact) mass is 394 g/mol. The smallest absolute Gasteiger partial charge is 0.292 e. The van der Waals surface area contributed by atoms with Crippen LogP contribution in [0.5, 0.6) is 0 Å². The minimum Gasteiger partial charge on any atom is -0.379 e. The van der Waals surface area contributed by atoms with E-state index < -0.39 is 15.8 Å². The van der Waals surface area contributed by atoms with E-state index in [4.69, 9.17) is 14.2 Å². The Balaban J connectivity index is 1.56. The number of anilines is 1. The maximum atomic E-state index is 13.1. The average molecular weight is 394 g/mol. The molecule has 0 radical (unpaired) electrons. The van der Waals surface area contributed by atoms with E-state index in [-0.39, 0.29) is 10.8 Å². The Morgan fingerprint density at radius 1 is 1.07 bits per heavy atom. The number of sulfonamides is 1. The molecule has 2 saturated heterocycles. The van der Waals surface area contributed by atoms with Crippen molar-refractivity contribution in [2.75, 3.05) is 51.0 Å². The molecule has 1 aromatic carbocycles. The molecule has 146 valence electrons. The van der Waals surface area contributed by atoms with Gasteiger partial charge in [0.2, 0.25) is 10.0 Å². The third-order valence-corrected chi connectivity index (χ3v) is 7.47. The van der Waals surface area contributed by atoms with Crippen LogP contribution in [0.3, 0.4) is 0 Å². The number of ether oxygens (including phenoxy) is 3. The van der Waals surface area contributed by atoms with Crippen molar-refractivity contribution in [2.45, 2.75) is 23.5 Å². The molecule has 3 fully saturated rings. The van der Waals surface area contributed by atoms with Gasteiger partial charge >= 0.3 is 0 Å². The van der Waals surface area contributed by atoms with Crippen LogP contribution < -0.4 is 4.90 Å². The summed E-state index contributed by atoms with van der Waals surface area (Å²) in [5.74, 6) is -1.25. The zero-order chi connectivity index (χ0) is 18.6. The highest BCUT2D eigenvalue weighted by Gasteiger charge is 2.57.